The second-order valence-electron chi connectivity index (χ2n) is 5.39. The Bertz CT molecular complexity index is 722. The number of hydrogen-bond donors (Lipinski definition) is 2. The van der Waals surface area contributed by atoms with E-state index >= 15 is 0 Å². The van der Waals surface area contributed by atoms with Crippen LogP contribution in [0.5, 0.6) is 11.5 Å². The van der Waals surface area contributed by atoms with Crippen LogP contribution in [-0.4, -0.2) is 11.1 Å². The van der Waals surface area contributed by atoms with E-state index in [4.69, 9.17) is 10.5 Å². The van der Waals surface area contributed by atoms with Gasteiger partial charge in [-0.3, -0.25) is 0 Å². The lowest BCUT2D eigenvalue weighted by Gasteiger charge is -2.11. The number of rotatable bonds is 3. The van der Waals surface area contributed by atoms with E-state index in [0.29, 0.717) is 11.3 Å². The molecule has 0 bridgehead atoms. The number of nitrogens with two attached hydrogens (primary N) is 1. The number of aromatic carboxylic acids is 1. The van der Waals surface area contributed by atoms with Gasteiger partial charge >= 0.3 is 5.97 Å². The first kappa shape index (κ1) is 13.5. The molecular weight excluding hydrogens is 266 g/mol. The summed E-state index contributed by atoms with van der Waals surface area (Å²) < 4.78 is 5.81. The number of carboxylic acid groups (broad SMARTS) is 1. The number of aryl methyl sites for hydroxylation is 3. The Balaban J connectivity index is 1.93. The van der Waals surface area contributed by atoms with Crippen LogP contribution in [0.1, 0.15) is 33.5 Å². The van der Waals surface area contributed by atoms with Crippen LogP contribution in [0.3, 0.4) is 0 Å². The van der Waals surface area contributed by atoms with E-state index in [1.807, 2.05) is 12.1 Å². The van der Waals surface area contributed by atoms with Crippen LogP contribution in [0.2, 0.25) is 0 Å². The minimum Gasteiger partial charge on any atom is -0.478 e. The first-order valence-electron chi connectivity index (χ1n) is 6.97. The molecule has 108 valence electrons. The van der Waals surface area contributed by atoms with Gasteiger partial charge in [0.05, 0.1) is 5.56 Å². The summed E-state index contributed by atoms with van der Waals surface area (Å²) in [6.07, 6.45) is 3.39. The van der Waals surface area contributed by atoms with Gasteiger partial charge in [-0.15, -0.1) is 0 Å². The number of fused-ring (bicyclic) bond motifs is 1. The maximum atomic E-state index is 11.2. The first-order valence-corrected chi connectivity index (χ1v) is 6.97. The van der Waals surface area contributed by atoms with E-state index in [1.54, 1.807) is 13.0 Å². The molecule has 3 N–H and O–H groups in total. The number of anilines is 1. The third kappa shape index (κ3) is 2.57. The van der Waals surface area contributed by atoms with E-state index < -0.39 is 5.97 Å². The third-order valence-corrected chi connectivity index (χ3v) is 3.90. The van der Waals surface area contributed by atoms with Gasteiger partial charge < -0.3 is 15.6 Å². The van der Waals surface area contributed by atoms with Crippen molar-refractivity contribution in [1.82, 2.24) is 0 Å². The van der Waals surface area contributed by atoms with Gasteiger partial charge in [0.15, 0.2) is 0 Å². The second kappa shape index (κ2) is 5.13. The predicted molar refractivity (Wildman–Crippen MR) is 81.1 cm³/mol. The summed E-state index contributed by atoms with van der Waals surface area (Å²) >= 11 is 0. The van der Waals surface area contributed by atoms with Crippen molar-refractivity contribution < 1.29 is 14.6 Å². The predicted octanol–water partition coefficient (Wildman–Crippen LogP) is 3.56. The highest BCUT2D eigenvalue weighted by Gasteiger charge is 2.14. The molecule has 0 unspecified atom stereocenters. The lowest BCUT2D eigenvalue weighted by molar-refractivity contribution is 0.0697. The van der Waals surface area contributed by atoms with Crippen LogP contribution in [-0.2, 0) is 12.8 Å². The van der Waals surface area contributed by atoms with E-state index in [1.165, 1.54) is 23.6 Å². The van der Waals surface area contributed by atoms with Gasteiger partial charge in [-0.05, 0) is 67.1 Å². The minimum atomic E-state index is -1.05. The number of benzene rings is 2. The molecule has 2 aromatic rings. The highest BCUT2D eigenvalue weighted by molar-refractivity contribution is 5.95. The smallest absolute Gasteiger partial charge is 0.337 e. The molecule has 0 spiro atoms. The number of ether oxygens (including phenoxy) is 1. The maximum absolute atomic E-state index is 11.2. The monoisotopic (exact) mass is 283 g/mol. The molecule has 0 fully saturated rings. The Hall–Kier alpha value is -2.49. The van der Waals surface area contributed by atoms with Crippen LogP contribution < -0.4 is 10.5 Å². The van der Waals surface area contributed by atoms with E-state index in [9.17, 15) is 9.90 Å². The molecule has 0 saturated carbocycles. The molecule has 0 radical (unpaired) electrons. The molecule has 0 amide bonds. The normalized spacial score (nSPS) is 13.0. The third-order valence-electron chi connectivity index (χ3n) is 3.90. The lowest BCUT2D eigenvalue weighted by atomic mass is 10.1. The Labute approximate surface area is 123 Å². The highest BCUT2D eigenvalue weighted by atomic mass is 16.5. The Morgan fingerprint density at radius 3 is 2.67 bits per heavy atom. The molecule has 1 aliphatic carbocycles. The zero-order chi connectivity index (χ0) is 15.0. The fraction of sp³-hybridized carbons (Fsp3) is 0.235. The van der Waals surface area contributed by atoms with Gasteiger partial charge in [-0.25, -0.2) is 4.79 Å². The average molecular weight is 283 g/mol. The SMILES string of the molecule is Cc1cc(Oc2ccc3c(c2)CCC3)cc(C(=O)O)c1N. The zero-order valence-corrected chi connectivity index (χ0v) is 11.8. The van der Waals surface area contributed by atoms with Gasteiger partial charge in [-0.2, -0.15) is 0 Å². The minimum absolute atomic E-state index is 0.0751. The van der Waals surface area contributed by atoms with Gasteiger partial charge in [0, 0.05) is 5.69 Å². The second-order valence-corrected chi connectivity index (χ2v) is 5.39. The largest absolute Gasteiger partial charge is 0.478 e. The molecular formula is C17H17NO3. The molecule has 4 nitrogen and oxygen atoms in total. The van der Waals surface area contributed by atoms with Crippen LogP contribution in [0, 0.1) is 6.92 Å². The summed E-state index contributed by atoms with van der Waals surface area (Å²) in [5.41, 5.74) is 9.53. The Kier molecular flexibility index (Phi) is 3.29. The Morgan fingerprint density at radius 1 is 1.14 bits per heavy atom. The molecule has 0 atom stereocenters. The number of hydrogen-bond acceptors (Lipinski definition) is 3. The fourth-order valence-electron chi connectivity index (χ4n) is 2.75. The van der Waals surface area contributed by atoms with E-state index in [2.05, 4.69) is 6.07 Å². The van der Waals surface area contributed by atoms with Crippen molar-refractivity contribution in [1.29, 1.82) is 0 Å². The van der Waals surface area contributed by atoms with E-state index in [0.717, 1.165) is 18.6 Å². The van der Waals surface area contributed by atoms with E-state index in [-0.39, 0.29) is 11.3 Å². The van der Waals surface area contributed by atoms with Crippen molar-refractivity contribution >= 4 is 11.7 Å². The number of carbonyl (C=O) groups is 1. The van der Waals surface area contributed by atoms with Gasteiger partial charge in [-0.1, -0.05) is 6.07 Å². The summed E-state index contributed by atoms with van der Waals surface area (Å²) in [6.45, 7) is 1.78. The quantitative estimate of drug-likeness (QED) is 0.845. The van der Waals surface area contributed by atoms with Crippen molar-refractivity contribution in [3.8, 4) is 11.5 Å². The fourth-order valence-corrected chi connectivity index (χ4v) is 2.75. The molecule has 0 aromatic heterocycles. The Morgan fingerprint density at radius 2 is 1.90 bits per heavy atom. The number of nitrogen functional groups attached to an aromatic ring is 1. The number of carboxylic acids is 1. The molecule has 4 heteroatoms. The first-order chi connectivity index (χ1) is 10.0. The van der Waals surface area contributed by atoms with Gasteiger partial charge in [0.1, 0.15) is 11.5 Å². The summed E-state index contributed by atoms with van der Waals surface area (Å²) in [5, 5.41) is 9.17. The zero-order valence-electron chi connectivity index (χ0n) is 11.8. The summed E-state index contributed by atoms with van der Waals surface area (Å²) in [4.78, 5) is 11.2. The summed E-state index contributed by atoms with van der Waals surface area (Å²) in [5.74, 6) is 0.184. The molecule has 0 aliphatic heterocycles. The van der Waals surface area contributed by atoms with Crippen molar-refractivity contribution in [3.63, 3.8) is 0 Å². The van der Waals surface area contributed by atoms with Crippen molar-refractivity contribution in [3.05, 3.63) is 52.6 Å². The van der Waals surface area contributed by atoms with Crippen molar-refractivity contribution in [2.45, 2.75) is 26.2 Å². The standard InChI is InChI=1S/C17H17NO3/c1-10-7-14(9-15(16(10)18)17(19)20)21-13-6-5-11-3-2-4-12(11)8-13/h5-9H,2-4,18H2,1H3,(H,19,20). The highest BCUT2D eigenvalue weighted by Crippen LogP contribution is 2.31. The summed E-state index contributed by atoms with van der Waals surface area (Å²) in [7, 11) is 0. The van der Waals surface area contributed by atoms with Gasteiger partial charge in [0.2, 0.25) is 0 Å². The molecule has 0 saturated heterocycles. The van der Waals surface area contributed by atoms with Crippen molar-refractivity contribution in [2.24, 2.45) is 0 Å². The van der Waals surface area contributed by atoms with Crippen LogP contribution >= 0.6 is 0 Å². The molecule has 21 heavy (non-hydrogen) atoms. The molecule has 2 aromatic carbocycles. The molecule has 0 heterocycles. The van der Waals surface area contributed by atoms with Crippen LogP contribution in [0.4, 0.5) is 5.69 Å². The van der Waals surface area contributed by atoms with Gasteiger partial charge in [0.25, 0.3) is 0 Å². The topological polar surface area (TPSA) is 72.5 Å². The maximum Gasteiger partial charge on any atom is 0.337 e. The van der Waals surface area contributed by atoms with Crippen LogP contribution in [0.25, 0.3) is 0 Å². The van der Waals surface area contributed by atoms with Crippen LogP contribution in [0.15, 0.2) is 30.3 Å². The molecule has 3 rings (SSSR count). The average Bonchev–Trinajstić information content (AvgIpc) is 2.89. The summed E-state index contributed by atoms with van der Waals surface area (Å²) in [6, 6.07) is 9.28. The lowest BCUT2D eigenvalue weighted by Crippen LogP contribution is -2.04. The van der Waals surface area contributed by atoms with Crippen molar-refractivity contribution in [2.75, 3.05) is 5.73 Å². The molecule has 1 aliphatic rings.